The van der Waals surface area contributed by atoms with E-state index < -0.39 is 11.6 Å². The van der Waals surface area contributed by atoms with E-state index in [4.69, 9.17) is 9.84 Å². The van der Waals surface area contributed by atoms with Crippen molar-refractivity contribution in [2.75, 3.05) is 13.1 Å². The Morgan fingerprint density at radius 1 is 1.33 bits per heavy atom. The monoisotopic (exact) mass is 346 g/mol. The van der Waals surface area contributed by atoms with Crippen molar-refractivity contribution in [1.82, 2.24) is 4.90 Å². The number of hydrogen-bond donors (Lipinski definition) is 1. The molecule has 1 fully saturated rings. The normalized spacial score (nSPS) is 24.1. The number of carboxylic acids is 1. The van der Waals surface area contributed by atoms with Crippen molar-refractivity contribution in [3.05, 3.63) is 0 Å². The Morgan fingerprint density at radius 3 is 2.28 bits per heavy atom. The van der Waals surface area contributed by atoms with Crippen molar-refractivity contribution in [3.63, 3.8) is 0 Å². The number of rotatable bonds is 1. The van der Waals surface area contributed by atoms with Crippen molar-refractivity contribution < 1.29 is 38.9 Å². The zero-order valence-corrected chi connectivity index (χ0v) is 12.9. The molecule has 1 heterocycles. The third-order valence-electron chi connectivity index (χ3n) is 2.87. The Morgan fingerprint density at radius 2 is 1.89 bits per heavy atom. The summed E-state index contributed by atoms with van der Waals surface area (Å²) in [6, 6.07) is 0. The average Bonchev–Trinajstić information content (AvgIpc) is 2.14. The van der Waals surface area contributed by atoms with E-state index in [0.29, 0.717) is 19.5 Å². The van der Waals surface area contributed by atoms with Gasteiger partial charge in [0.15, 0.2) is 0 Å². The molecule has 107 valence electrons. The third kappa shape index (κ3) is 4.93. The Labute approximate surface area is 121 Å². The molecule has 0 spiro atoms. The first-order valence-electron chi connectivity index (χ1n) is 5.91. The summed E-state index contributed by atoms with van der Waals surface area (Å²) < 4.78 is 5.26. The number of amides is 1. The fourth-order valence-corrected chi connectivity index (χ4v) is 2.00. The van der Waals surface area contributed by atoms with Gasteiger partial charge < -0.3 is 14.7 Å². The van der Waals surface area contributed by atoms with Gasteiger partial charge in [0, 0.05) is 32.6 Å². The van der Waals surface area contributed by atoms with Crippen LogP contribution in [0.25, 0.3) is 0 Å². The van der Waals surface area contributed by atoms with Gasteiger partial charge in [-0.1, -0.05) is 6.92 Å². The minimum Gasteiger partial charge on any atom is -0.481 e. The molecule has 1 radical (unpaired) electrons. The Balaban J connectivity index is 0.00000289. The second-order valence-corrected chi connectivity index (χ2v) is 5.64. The Kier molecular flexibility index (Phi) is 6.28. The van der Waals surface area contributed by atoms with Crippen molar-refractivity contribution in [1.29, 1.82) is 0 Å². The van der Waals surface area contributed by atoms with Crippen molar-refractivity contribution in [2.45, 2.75) is 39.7 Å². The molecule has 0 aromatic heterocycles. The molecule has 0 aromatic rings. The number of carbonyl (C=O) groups is 2. The van der Waals surface area contributed by atoms with Gasteiger partial charge in [-0.15, -0.1) is 0 Å². The summed E-state index contributed by atoms with van der Waals surface area (Å²) in [5, 5.41) is 8.99. The van der Waals surface area contributed by atoms with E-state index in [9.17, 15) is 9.59 Å². The standard InChI is InChI=1S/C12H21NO4.Rh/c1-8-7-13(6-5-9(8)10(14)15)11(16)17-12(2,3)4;/h8-9H,5-7H2,1-4H3,(H,14,15);/t8-,9+;/m1./s1. The molecule has 1 rings (SSSR count). The molecule has 5 nitrogen and oxygen atoms in total. The summed E-state index contributed by atoms with van der Waals surface area (Å²) in [6.07, 6.45) is 0.142. The molecule has 6 heteroatoms. The first-order valence-corrected chi connectivity index (χ1v) is 5.91. The van der Waals surface area contributed by atoms with Crippen LogP contribution < -0.4 is 0 Å². The van der Waals surface area contributed by atoms with Crippen LogP contribution in [0.3, 0.4) is 0 Å². The van der Waals surface area contributed by atoms with Crippen LogP contribution in [0.15, 0.2) is 0 Å². The molecule has 1 aliphatic heterocycles. The molecule has 0 aliphatic carbocycles. The van der Waals surface area contributed by atoms with Crippen molar-refractivity contribution in [2.24, 2.45) is 11.8 Å². The maximum atomic E-state index is 11.8. The van der Waals surface area contributed by atoms with Crippen LogP contribution in [0.5, 0.6) is 0 Å². The van der Waals surface area contributed by atoms with Crippen LogP contribution in [-0.2, 0) is 29.0 Å². The van der Waals surface area contributed by atoms with Crippen LogP contribution in [0.1, 0.15) is 34.1 Å². The van der Waals surface area contributed by atoms with Gasteiger partial charge in [-0.3, -0.25) is 4.79 Å². The topological polar surface area (TPSA) is 66.8 Å². The van der Waals surface area contributed by atoms with Gasteiger partial charge in [0.1, 0.15) is 5.60 Å². The minimum atomic E-state index is -0.777. The molecular formula is C12H21NO4Rh. The van der Waals surface area contributed by atoms with Gasteiger partial charge >= 0.3 is 12.1 Å². The number of aliphatic carboxylic acids is 1. The number of hydrogen-bond acceptors (Lipinski definition) is 3. The van der Waals surface area contributed by atoms with Gasteiger partial charge in [-0.2, -0.15) is 0 Å². The average molecular weight is 346 g/mol. The molecule has 1 saturated heterocycles. The van der Waals surface area contributed by atoms with Gasteiger partial charge in [0.25, 0.3) is 0 Å². The van der Waals surface area contributed by atoms with E-state index in [2.05, 4.69) is 0 Å². The summed E-state index contributed by atoms with van der Waals surface area (Å²) in [6.45, 7) is 8.21. The van der Waals surface area contributed by atoms with Crippen LogP contribution >= 0.6 is 0 Å². The van der Waals surface area contributed by atoms with E-state index in [-0.39, 0.29) is 37.4 Å². The molecule has 0 saturated carbocycles. The minimum absolute atomic E-state index is 0. The second kappa shape index (κ2) is 6.51. The maximum absolute atomic E-state index is 11.8. The smallest absolute Gasteiger partial charge is 0.410 e. The molecule has 1 aliphatic rings. The summed E-state index contributed by atoms with van der Waals surface area (Å²) >= 11 is 0. The number of carboxylic acid groups (broad SMARTS) is 1. The summed E-state index contributed by atoms with van der Waals surface area (Å²) in [7, 11) is 0. The van der Waals surface area contributed by atoms with E-state index in [1.807, 2.05) is 27.7 Å². The quantitative estimate of drug-likeness (QED) is 0.737. The molecule has 1 amide bonds. The Bertz CT molecular complexity index is 314. The molecule has 18 heavy (non-hydrogen) atoms. The maximum Gasteiger partial charge on any atom is 0.410 e. The van der Waals surface area contributed by atoms with E-state index in [1.54, 1.807) is 4.90 Å². The Hall–Kier alpha value is -0.637. The zero-order valence-electron chi connectivity index (χ0n) is 11.2. The number of carbonyl (C=O) groups excluding carboxylic acids is 1. The molecule has 0 bridgehead atoms. The SMILES string of the molecule is C[C@@H]1CN(C(=O)OC(C)(C)C)CC[C@@H]1C(=O)O.[Rh]. The van der Waals surface area contributed by atoms with Gasteiger partial charge in [0.05, 0.1) is 5.92 Å². The van der Waals surface area contributed by atoms with Crippen molar-refractivity contribution in [3.8, 4) is 0 Å². The first-order chi connectivity index (χ1) is 7.70. The fraction of sp³-hybridized carbons (Fsp3) is 0.833. The van der Waals surface area contributed by atoms with Crippen LogP contribution in [0.2, 0.25) is 0 Å². The second-order valence-electron chi connectivity index (χ2n) is 5.64. The fourth-order valence-electron chi connectivity index (χ4n) is 2.00. The molecular weight excluding hydrogens is 325 g/mol. The summed E-state index contributed by atoms with van der Waals surface area (Å²) in [5.41, 5.74) is -0.510. The molecule has 2 atom stereocenters. The number of nitrogens with zero attached hydrogens (tertiary/aromatic N) is 1. The van der Waals surface area contributed by atoms with Gasteiger partial charge in [0.2, 0.25) is 0 Å². The van der Waals surface area contributed by atoms with E-state index in [1.165, 1.54) is 0 Å². The molecule has 0 unspecified atom stereocenters. The van der Waals surface area contributed by atoms with Crippen molar-refractivity contribution >= 4 is 12.1 Å². The number of piperidine rings is 1. The molecule has 1 N–H and O–H groups in total. The van der Waals surface area contributed by atoms with Crippen LogP contribution in [0.4, 0.5) is 4.79 Å². The molecule has 0 aromatic carbocycles. The zero-order chi connectivity index (χ0) is 13.2. The van der Waals surface area contributed by atoms with Gasteiger partial charge in [-0.05, 0) is 33.1 Å². The number of likely N-dealkylation sites (tertiary alicyclic amines) is 1. The van der Waals surface area contributed by atoms with E-state index in [0.717, 1.165) is 0 Å². The third-order valence-corrected chi connectivity index (χ3v) is 2.87. The van der Waals surface area contributed by atoms with Gasteiger partial charge in [-0.25, -0.2) is 4.79 Å². The van der Waals surface area contributed by atoms with Crippen LogP contribution in [-0.4, -0.2) is 40.8 Å². The predicted octanol–water partition coefficient (Wildman–Crippen LogP) is 1.96. The summed E-state index contributed by atoms with van der Waals surface area (Å²) in [4.78, 5) is 24.3. The number of ether oxygens (including phenoxy) is 1. The first kappa shape index (κ1) is 17.4. The largest absolute Gasteiger partial charge is 0.481 e. The predicted molar refractivity (Wildman–Crippen MR) is 62.7 cm³/mol. The van der Waals surface area contributed by atoms with E-state index >= 15 is 0 Å². The summed E-state index contributed by atoms with van der Waals surface area (Å²) in [5.74, 6) is -1.16. The van der Waals surface area contributed by atoms with Crippen LogP contribution in [0, 0.1) is 11.8 Å².